The van der Waals surface area contributed by atoms with E-state index in [0.29, 0.717) is 25.4 Å². The molecule has 2 aromatic heterocycles. The van der Waals surface area contributed by atoms with E-state index in [2.05, 4.69) is 15.1 Å². The molecule has 0 radical (unpaired) electrons. The molecular weight excluding hydrogens is 336 g/mol. The molecule has 0 aliphatic carbocycles. The summed E-state index contributed by atoms with van der Waals surface area (Å²) in [7, 11) is 0. The maximum atomic E-state index is 12.7. The number of ketones is 1. The van der Waals surface area contributed by atoms with Gasteiger partial charge in [0.15, 0.2) is 5.78 Å². The Morgan fingerprint density at radius 2 is 2.23 bits per heavy atom. The molecule has 1 N–H and O–H groups in total. The number of aromatic amines is 1. The Morgan fingerprint density at radius 3 is 2.96 bits per heavy atom. The van der Waals surface area contributed by atoms with E-state index < -0.39 is 0 Å². The van der Waals surface area contributed by atoms with Gasteiger partial charge in [0, 0.05) is 51.1 Å². The first kappa shape index (κ1) is 17.0. The zero-order valence-corrected chi connectivity index (χ0v) is 14.7. The lowest BCUT2D eigenvalue weighted by atomic mass is 10.1. The Balaban J connectivity index is 1.41. The van der Waals surface area contributed by atoms with Crippen LogP contribution >= 0.6 is 0 Å². The van der Waals surface area contributed by atoms with Crippen molar-refractivity contribution in [3.05, 3.63) is 41.6 Å². The minimum atomic E-state index is -0.162. The standard InChI is InChI=1S/C18H22N4O4/c1-12(23)15-6-16(20-19-15)18(24)22-9-14-8-21(3-5-26-17(14)10-22)7-13-2-4-25-11-13/h2,4,6,11,14,17H,3,5,7-10H2,1H3,(H,19,20)/t14-,17+/m0/s1. The zero-order chi connectivity index (χ0) is 18.1. The van der Waals surface area contributed by atoms with Gasteiger partial charge in [0.1, 0.15) is 11.4 Å². The number of nitrogens with one attached hydrogen (secondary N) is 1. The fourth-order valence-corrected chi connectivity index (χ4v) is 3.69. The van der Waals surface area contributed by atoms with Gasteiger partial charge in [-0.05, 0) is 12.1 Å². The van der Waals surface area contributed by atoms with Gasteiger partial charge in [-0.25, -0.2) is 0 Å². The molecule has 4 rings (SSSR count). The van der Waals surface area contributed by atoms with Gasteiger partial charge in [0.2, 0.25) is 0 Å². The lowest BCUT2D eigenvalue weighted by molar-refractivity contribution is 0.0482. The lowest BCUT2D eigenvalue weighted by Crippen LogP contribution is -2.33. The molecular formula is C18H22N4O4. The Hall–Kier alpha value is -2.45. The number of carbonyl (C=O) groups is 2. The van der Waals surface area contributed by atoms with Crippen molar-refractivity contribution in [3.8, 4) is 0 Å². The number of hydrogen-bond donors (Lipinski definition) is 1. The van der Waals surface area contributed by atoms with Crippen LogP contribution in [0.1, 0.15) is 33.5 Å². The summed E-state index contributed by atoms with van der Waals surface area (Å²) in [5, 5.41) is 6.57. The Kier molecular flexibility index (Phi) is 4.60. The molecule has 138 valence electrons. The van der Waals surface area contributed by atoms with Crippen molar-refractivity contribution in [1.82, 2.24) is 20.0 Å². The number of fused-ring (bicyclic) bond motifs is 1. The third kappa shape index (κ3) is 3.42. The lowest BCUT2D eigenvalue weighted by Gasteiger charge is -2.22. The molecule has 4 heterocycles. The largest absolute Gasteiger partial charge is 0.472 e. The van der Waals surface area contributed by atoms with E-state index in [1.165, 1.54) is 13.0 Å². The maximum absolute atomic E-state index is 12.7. The number of carbonyl (C=O) groups excluding carboxylic acids is 2. The van der Waals surface area contributed by atoms with Crippen LogP contribution in [0.4, 0.5) is 0 Å². The highest BCUT2D eigenvalue weighted by molar-refractivity contribution is 5.97. The van der Waals surface area contributed by atoms with Crippen LogP contribution in [0.2, 0.25) is 0 Å². The number of amides is 1. The van der Waals surface area contributed by atoms with Gasteiger partial charge in [-0.3, -0.25) is 19.6 Å². The molecule has 2 saturated heterocycles. The first-order chi connectivity index (χ1) is 12.6. The first-order valence-corrected chi connectivity index (χ1v) is 8.81. The fraction of sp³-hybridized carbons (Fsp3) is 0.500. The minimum Gasteiger partial charge on any atom is -0.472 e. The Labute approximate surface area is 151 Å². The van der Waals surface area contributed by atoms with Crippen LogP contribution in [0.3, 0.4) is 0 Å². The van der Waals surface area contributed by atoms with Crippen molar-refractivity contribution in [3.63, 3.8) is 0 Å². The van der Waals surface area contributed by atoms with Gasteiger partial charge in [0.05, 0.1) is 25.2 Å². The second kappa shape index (κ2) is 7.05. The van der Waals surface area contributed by atoms with Gasteiger partial charge < -0.3 is 14.1 Å². The van der Waals surface area contributed by atoms with Crippen molar-refractivity contribution < 1.29 is 18.7 Å². The molecule has 2 aromatic rings. The summed E-state index contributed by atoms with van der Waals surface area (Å²) in [6.07, 6.45) is 3.49. The quantitative estimate of drug-likeness (QED) is 0.825. The first-order valence-electron chi connectivity index (χ1n) is 8.81. The molecule has 8 heteroatoms. The molecule has 0 aromatic carbocycles. The third-order valence-electron chi connectivity index (χ3n) is 5.06. The van der Waals surface area contributed by atoms with Crippen molar-refractivity contribution in [2.24, 2.45) is 5.92 Å². The number of H-pyrrole nitrogens is 1. The monoisotopic (exact) mass is 358 g/mol. The number of furan rings is 1. The number of nitrogens with zero attached hydrogens (tertiary/aromatic N) is 3. The van der Waals surface area contributed by atoms with Gasteiger partial charge in [0.25, 0.3) is 5.91 Å². The Morgan fingerprint density at radius 1 is 1.35 bits per heavy atom. The van der Waals surface area contributed by atoms with Crippen molar-refractivity contribution >= 4 is 11.7 Å². The van der Waals surface area contributed by atoms with Gasteiger partial charge >= 0.3 is 0 Å². The molecule has 2 atom stereocenters. The Bertz CT molecular complexity index is 785. The summed E-state index contributed by atoms with van der Waals surface area (Å²) in [4.78, 5) is 28.2. The van der Waals surface area contributed by atoms with E-state index in [1.807, 2.05) is 6.07 Å². The molecule has 0 saturated carbocycles. The highest BCUT2D eigenvalue weighted by atomic mass is 16.5. The summed E-state index contributed by atoms with van der Waals surface area (Å²) < 4.78 is 11.1. The molecule has 0 bridgehead atoms. The molecule has 2 aliphatic rings. The SMILES string of the molecule is CC(=O)c1cc(C(=O)N2C[C@@H]3CN(Cc4ccoc4)CCO[C@@H]3C2)[nH]n1. The minimum absolute atomic E-state index is 0.0449. The molecule has 1 amide bonds. The van der Waals surface area contributed by atoms with Crippen LogP contribution in [-0.2, 0) is 11.3 Å². The highest BCUT2D eigenvalue weighted by Gasteiger charge is 2.39. The van der Waals surface area contributed by atoms with E-state index in [9.17, 15) is 9.59 Å². The normalized spacial score (nSPS) is 23.7. The van der Waals surface area contributed by atoms with Crippen LogP contribution in [0, 0.1) is 5.92 Å². The van der Waals surface area contributed by atoms with E-state index in [4.69, 9.17) is 9.15 Å². The van der Waals surface area contributed by atoms with Crippen LogP contribution in [0.15, 0.2) is 29.1 Å². The van der Waals surface area contributed by atoms with E-state index in [1.54, 1.807) is 17.4 Å². The average molecular weight is 358 g/mol. The second-order valence-electron chi connectivity index (χ2n) is 6.97. The molecule has 26 heavy (non-hydrogen) atoms. The number of Topliss-reactive ketones (excluding diaryl/α,β-unsaturated/α-hetero) is 1. The van der Waals surface area contributed by atoms with Crippen LogP contribution in [-0.4, -0.2) is 70.6 Å². The predicted octanol–water partition coefficient (Wildman–Crippen LogP) is 1.18. The second-order valence-corrected chi connectivity index (χ2v) is 6.97. The summed E-state index contributed by atoms with van der Waals surface area (Å²) in [5.41, 5.74) is 1.77. The van der Waals surface area contributed by atoms with Crippen LogP contribution < -0.4 is 0 Å². The number of rotatable bonds is 4. The smallest absolute Gasteiger partial charge is 0.271 e. The van der Waals surface area contributed by atoms with Crippen molar-refractivity contribution in [2.45, 2.75) is 19.6 Å². The third-order valence-corrected chi connectivity index (χ3v) is 5.06. The fourth-order valence-electron chi connectivity index (χ4n) is 3.69. The van der Waals surface area contributed by atoms with Gasteiger partial charge in [-0.2, -0.15) is 5.10 Å². The zero-order valence-electron chi connectivity index (χ0n) is 14.7. The van der Waals surface area contributed by atoms with E-state index >= 15 is 0 Å². The summed E-state index contributed by atoms with van der Waals surface area (Å²) >= 11 is 0. The molecule has 2 aliphatic heterocycles. The number of ether oxygens (including phenoxy) is 1. The molecule has 8 nitrogen and oxygen atoms in total. The van der Waals surface area contributed by atoms with Crippen molar-refractivity contribution in [2.75, 3.05) is 32.8 Å². The topological polar surface area (TPSA) is 91.7 Å². The molecule has 0 spiro atoms. The summed E-state index contributed by atoms with van der Waals surface area (Å²) in [6.45, 7) is 5.85. The van der Waals surface area contributed by atoms with Crippen LogP contribution in [0.25, 0.3) is 0 Å². The molecule has 0 unspecified atom stereocenters. The van der Waals surface area contributed by atoms with Gasteiger partial charge in [-0.15, -0.1) is 0 Å². The summed E-state index contributed by atoms with van der Waals surface area (Å²) in [6, 6.07) is 3.49. The van der Waals surface area contributed by atoms with E-state index in [0.717, 1.165) is 25.2 Å². The average Bonchev–Trinajstić information content (AvgIpc) is 3.34. The predicted molar refractivity (Wildman–Crippen MR) is 91.7 cm³/mol. The number of aromatic nitrogens is 2. The van der Waals surface area contributed by atoms with Gasteiger partial charge in [-0.1, -0.05) is 0 Å². The number of likely N-dealkylation sites (tertiary alicyclic amines) is 1. The van der Waals surface area contributed by atoms with E-state index in [-0.39, 0.29) is 29.4 Å². The maximum Gasteiger partial charge on any atom is 0.271 e. The number of hydrogen-bond acceptors (Lipinski definition) is 6. The molecule has 2 fully saturated rings. The van der Waals surface area contributed by atoms with Crippen molar-refractivity contribution in [1.29, 1.82) is 0 Å². The summed E-state index contributed by atoms with van der Waals surface area (Å²) in [5.74, 6) is -0.0308. The highest BCUT2D eigenvalue weighted by Crippen LogP contribution is 2.25. The van der Waals surface area contributed by atoms with Crippen LogP contribution in [0.5, 0.6) is 0 Å².